The Morgan fingerprint density at radius 3 is 1.95 bits per heavy atom. The van der Waals surface area contributed by atoms with Crippen LogP contribution in [0.5, 0.6) is 0 Å². The predicted molar refractivity (Wildman–Crippen MR) is 233 cm³/mol. The van der Waals surface area contributed by atoms with Crippen LogP contribution in [-0.2, 0) is 6.54 Å². The summed E-state index contributed by atoms with van der Waals surface area (Å²) in [6.45, 7) is 0.468. The van der Waals surface area contributed by atoms with Gasteiger partial charge in [-0.15, -0.1) is 0 Å². The maximum Gasteiger partial charge on any atom is 0.157 e. The van der Waals surface area contributed by atoms with E-state index in [2.05, 4.69) is 138 Å². The SMILES string of the molecule is NC(=NC(=NCc1ccccc1)c1cccc(-n2c3ccccc3c3ccc(-c4ccc5c(c4)oc4ccccc45)cc32)c1)c1cccc(-c2ccccc2)c1. The maximum absolute atomic E-state index is 6.82. The van der Waals surface area contributed by atoms with E-state index >= 15 is 0 Å². The first-order chi connectivity index (χ1) is 27.7. The third-order valence-electron chi connectivity index (χ3n) is 10.5. The molecule has 0 bridgehead atoms. The molecule has 10 aromatic rings. The zero-order valence-electron chi connectivity index (χ0n) is 30.5. The monoisotopic (exact) mass is 720 g/mol. The molecule has 5 heteroatoms. The zero-order valence-corrected chi connectivity index (χ0v) is 30.5. The fourth-order valence-corrected chi connectivity index (χ4v) is 7.73. The molecule has 0 saturated heterocycles. The smallest absolute Gasteiger partial charge is 0.157 e. The first kappa shape index (κ1) is 33.1. The second-order valence-electron chi connectivity index (χ2n) is 14.0. The maximum atomic E-state index is 6.82. The molecule has 0 aliphatic rings. The van der Waals surface area contributed by atoms with Gasteiger partial charge in [0.25, 0.3) is 0 Å². The van der Waals surface area contributed by atoms with Gasteiger partial charge in [-0.25, -0.2) is 4.99 Å². The standard InChI is InChI=1S/C51H36N4O/c52-50(39-18-11-17-36(29-39)35-15-5-2-6-16-35)54-51(53-33-34-13-3-1-4-14-34)40-19-12-20-41(30-40)55-46-23-9-7-21-42(46)43-27-25-37(31-47(43)55)38-26-28-45-44-22-8-10-24-48(44)56-49(45)32-38/h1-32H,33H2,(H2,52,53,54). The third-order valence-corrected chi connectivity index (χ3v) is 10.5. The molecule has 2 N–H and O–H groups in total. The van der Waals surface area contributed by atoms with Crippen LogP contribution in [0.4, 0.5) is 0 Å². The Morgan fingerprint density at radius 1 is 0.464 bits per heavy atom. The van der Waals surface area contributed by atoms with Crippen LogP contribution in [0.1, 0.15) is 16.7 Å². The zero-order chi connectivity index (χ0) is 37.4. The minimum Gasteiger partial charge on any atom is -0.456 e. The number of nitrogens with two attached hydrogens (primary N) is 1. The van der Waals surface area contributed by atoms with E-state index in [0.717, 1.165) is 77.6 Å². The van der Waals surface area contributed by atoms with E-state index in [9.17, 15) is 0 Å². The largest absolute Gasteiger partial charge is 0.456 e. The minimum absolute atomic E-state index is 0.405. The van der Waals surface area contributed by atoms with Crippen LogP contribution in [0.3, 0.4) is 0 Å². The Balaban J connectivity index is 1.09. The molecule has 0 fully saturated rings. The lowest BCUT2D eigenvalue weighted by Crippen LogP contribution is -2.16. The average molecular weight is 721 g/mol. The highest BCUT2D eigenvalue weighted by molar-refractivity contribution is 6.13. The third kappa shape index (κ3) is 6.11. The average Bonchev–Trinajstić information content (AvgIpc) is 3.81. The second-order valence-corrected chi connectivity index (χ2v) is 14.0. The Labute approximate surface area is 324 Å². The molecular formula is C51H36N4O. The number of nitrogens with zero attached hydrogens (tertiary/aromatic N) is 3. The van der Waals surface area contributed by atoms with Gasteiger partial charge in [-0.1, -0.05) is 146 Å². The van der Waals surface area contributed by atoms with Gasteiger partial charge in [0.05, 0.1) is 17.6 Å². The summed E-state index contributed by atoms with van der Waals surface area (Å²) in [5.74, 6) is 0.974. The molecule has 5 nitrogen and oxygen atoms in total. The van der Waals surface area contributed by atoms with E-state index in [1.54, 1.807) is 0 Å². The summed E-state index contributed by atoms with van der Waals surface area (Å²) in [5, 5.41) is 4.61. The van der Waals surface area contributed by atoms with Crippen molar-refractivity contribution in [1.82, 2.24) is 4.57 Å². The summed E-state index contributed by atoms with van der Waals surface area (Å²) < 4.78 is 8.61. The van der Waals surface area contributed by atoms with Gasteiger partial charge in [-0.3, -0.25) is 4.99 Å². The first-order valence-electron chi connectivity index (χ1n) is 18.8. The molecule has 0 atom stereocenters. The molecule has 2 aromatic heterocycles. The Kier molecular flexibility index (Phi) is 8.30. The number of amidine groups is 2. The van der Waals surface area contributed by atoms with Gasteiger partial charge < -0.3 is 14.7 Å². The summed E-state index contributed by atoms with van der Waals surface area (Å²) >= 11 is 0. The van der Waals surface area contributed by atoms with Crippen LogP contribution < -0.4 is 5.73 Å². The summed E-state index contributed by atoms with van der Waals surface area (Å²) in [7, 11) is 0. The van der Waals surface area contributed by atoms with Crippen LogP contribution in [0.25, 0.3) is 71.7 Å². The van der Waals surface area contributed by atoms with Gasteiger partial charge >= 0.3 is 0 Å². The van der Waals surface area contributed by atoms with Crippen molar-refractivity contribution in [2.45, 2.75) is 6.54 Å². The van der Waals surface area contributed by atoms with Gasteiger partial charge in [0.2, 0.25) is 0 Å². The second kappa shape index (κ2) is 14.0. The van der Waals surface area contributed by atoms with Gasteiger partial charge in [0.15, 0.2) is 5.84 Å². The van der Waals surface area contributed by atoms with Crippen molar-refractivity contribution in [3.05, 3.63) is 211 Å². The highest BCUT2D eigenvalue weighted by Crippen LogP contribution is 2.37. The normalized spacial score (nSPS) is 12.3. The van der Waals surface area contributed by atoms with Crippen molar-refractivity contribution in [3.63, 3.8) is 0 Å². The van der Waals surface area contributed by atoms with Crippen molar-refractivity contribution in [2.75, 3.05) is 0 Å². The number of benzene rings is 8. The molecule has 0 spiro atoms. The molecule has 0 amide bonds. The molecule has 10 rings (SSSR count). The van der Waals surface area contributed by atoms with Crippen molar-refractivity contribution in [3.8, 4) is 27.9 Å². The van der Waals surface area contributed by atoms with Crippen LogP contribution in [0.15, 0.2) is 209 Å². The summed E-state index contributed by atoms with van der Waals surface area (Å²) in [6, 6.07) is 67.2. The molecule has 56 heavy (non-hydrogen) atoms. The molecule has 266 valence electrons. The predicted octanol–water partition coefficient (Wildman–Crippen LogP) is 12.4. The Bertz CT molecular complexity index is 3120. The van der Waals surface area contributed by atoms with Crippen LogP contribution in [0.2, 0.25) is 0 Å². The van der Waals surface area contributed by atoms with Gasteiger partial charge in [-0.2, -0.15) is 0 Å². The molecule has 0 unspecified atom stereocenters. The number of hydrogen-bond donors (Lipinski definition) is 1. The molecular weight excluding hydrogens is 685 g/mol. The first-order valence-corrected chi connectivity index (χ1v) is 18.8. The Morgan fingerprint density at radius 2 is 1.09 bits per heavy atom. The fourth-order valence-electron chi connectivity index (χ4n) is 7.73. The van der Waals surface area contributed by atoms with Crippen LogP contribution in [0, 0.1) is 0 Å². The van der Waals surface area contributed by atoms with Gasteiger partial charge in [0.1, 0.15) is 17.0 Å². The lowest BCUT2D eigenvalue weighted by molar-refractivity contribution is 0.669. The lowest BCUT2D eigenvalue weighted by atomic mass is 10.0. The van der Waals surface area contributed by atoms with E-state index in [1.807, 2.05) is 60.7 Å². The van der Waals surface area contributed by atoms with Gasteiger partial charge in [-0.05, 0) is 76.3 Å². The highest BCUT2D eigenvalue weighted by atomic mass is 16.3. The number of furan rings is 1. The molecule has 0 saturated carbocycles. The van der Waals surface area contributed by atoms with Crippen molar-refractivity contribution < 1.29 is 4.42 Å². The van der Waals surface area contributed by atoms with Crippen molar-refractivity contribution in [2.24, 2.45) is 15.7 Å². The lowest BCUT2D eigenvalue weighted by Gasteiger charge is -2.12. The van der Waals surface area contributed by atoms with E-state index in [0.29, 0.717) is 18.2 Å². The van der Waals surface area contributed by atoms with Gasteiger partial charge in [0, 0.05) is 38.4 Å². The summed E-state index contributed by atoms with van der Waals surface area (Å²) in [4.78, 5) is 10.1. The van der Waals surface area contributed by atoms with E-state index in [-0.39, 0.29) is 0 Å². The van der Waals surface area contributed by atoms with E-state index in [4.69, 9.17) is 20.1 Å². The van der Waals surface area contributed by atoms with E-state index in [1.165, 1.54) is 10.8 Å². The number of hydrogen-bond acceptors (Lipinski definition) is 2. The number of rotatable bonds is 7. The highest BCUT2D eigenvalue weighted by Gasteiger charge is 2.16. The summed E-state index contributed by atoms with van der Waals surface area (Å²) in [5.41, 5.74) is 19.0. The number of para-hydroxylation sites is 2. The fraction of sp³-hybridized carbons (Fsp3) is 0.0196. The van der Waals surface area contributed by atoms with Crippen molar-refractivity contribution in [1.29, 1.82) is 0 Å². The topological polar surface area (TPSA) is 68.8 Å². The number of aromatic nitrogens is 1. The number of aliphatic imine (C=N–C) groups is 2. The van der Waals surface area contributed by atoms with Crippen LogP contribution >= 0.6 is 0 Å². The molecule has 0 aliphatic heterocycles. The molecule has 0 radical (unpaired) electrons. The quantitative estimate of drug-likeness (QED) is 0.132. The van der Waals surface area contributed by atoms with Crippen LogP contribution in [-0.4, -0.2) is 16.2 Å². The summed E-state index contributed by atoms with van der Waals surface area (Å²) in [6.07, 6.45) is 0. The van der Waals surface area contributed by atoms with Crippen molar-refractivity contribution >= 4 is 55.4 Å². The van der Waals surface area contributed by atoms with E-state index < -0.39 is 0 Å². The number of fused-ring (bicyclic) bond motifs is 6. The molecule has 0 aliphatic carbocycles. The molecule has 8 aromatic carbocycles. The minimum atomic E-state index is 0.405. The Hall–Kier alpha value is -7.50. The molecule has 2 heterocycles.